The van der Waals surface area contributed by atoms with Crippen molar-refractivity contribution in [1.29, 1.82) is 0 Å². The Morgan fingerprint density at radius 2 is 2.12 bits per heavy atom. The van der Waals surface area contributed by atoms with Crippen LogP contribution in [0.2, 0.25) is 0 Å². The first-order chi connectivity index (χ1) is 7.59. The third-order valence-electron chi connectivity index (χ3n) is 3.80. The van der Waals surface area contributed by atoms with E-state index in [1.807, 2.05) is 6.92 Å². The van der Waals surface area contributed by atoms with E-state index in [4.69, 9.17) is 10.8 Å². The Labute approximate surface area is 100 Å². The maximum absolute atomic E-state index is 9.16. The van der Waals surface area contributed by atoms with Gasteiger partial charge in [-0.2, -0.15) is 0 Å². The summed E-state index contributed by atoms with van der Waals surface area (Å²) < 4.78 is 0. The van der Waals surface area contributed by atoms with Crippen molar-refractivity contribution in [3.8, 4) is 0 Å². The van der Waals surface area contributed by atoms with E-state index in [1.165, 1.54) is 38.6 Å². The van der Waals surface area contributed by atoms with Gasteiger partial charge in [0.05, 0.1) is 6.61 Å². The zero-order valence-corrected chi connectivity index (χ0v) is 10.9. The zero-order chi connectivity index (χ0) is 12.0. The van der Waals surface area contributed by atoms with Crippen LogP contribution in [0, 0.1) is 0 Å². The summed E-state index contributed by atoms with van der Waals surface area (Å²) in [5.41, 5.74) is 5.57. The molecule has 2 atom stereocenters. The molecular formula is C13H28N2O. The Kier molecular flexibility index (Phi) is 5.73. The molecule has 1 saturated heterocycles. The molecule has 0 bridgehead atoms. The number of aliphatic hydroxyl groups is 1. The minimum atomic E-state index is -0.412. The van der Waals surface area contributed by atoms with Crippen LogP contribution < -0.4 is 5.73 Å². The molecule has 0 aromatic heterocycles. The van der Waals surface area contributed by atoms with Gasteiger partial charge in [0.1, 0.15) is 0 Å². The molecule has 96 valence electrons. The summed E-state index contributed by atoms with van der Waals surface area (Å²) in [4.78, 5) is 2.58. The third-order valence-corrected chi connectivity index (χ3v) is 3.80. The van der Waals surface area contributed by atoms with Crippen molar-refractivity contribution in [2.75, 3.05) is 19.7 Å². The number of hydrogen-bond acceptors (Lipinski definition) is 3. The largest absolute Gasteiger partial charge is 0.394 e. The predicted octanol–water partition coefficient (Wildman–Crippen LogP) is 1.74. The number of hydrogen-bond donors (Lipinski definition) is 2. The van der Waals surface area contributed by atoms with Gasteiger partial charge < -0.3 is 15.7 Å². The van der Waals surface area contributed by atoms with E-state index >= 15 is 0 Å². The van der Waals surface area contributed by atoms with Gasteiger partial charge in [0.15, 0.2) is 0 Å². The molecule has 1 fully saturated rings. The summed E-state index contributed by atoms with van der Waals surface area (Å²) in [5.74, 6) is 0. The summed E-state index contributed by atoms with van der Waals surface area (Å²) in [6, 6.07) is 0.733. The molecule has 0 spiro atoms. The van der Waals surface area contributed by atoms with E-state index in [9.17, 15) is 0 Å². The quantitative estimate of drug-likeness (QED) is 0.753. The molecule has 3 heteroatoms. The van der Waals surface area contributed by atoms with Crippen molar-refractivity contribution in [2.24, 2.45) is 5.73 Å². The van der Waals surface area contributed by atoms with Gasteiger partial charge in [0.2, 0.25) is 0 Å². The molecule has 0 amide bonds. The fraction of sp³-hybridized carbons (Fsp3) is 1.00. The van der Waals surface area contributed by atoms with Crippen molar-refractivity contribution < 1.29 is 5.11 Å². The number of nitrogens with two attached hydrogens (primary N) is 1. The highest BCUT2D eigenvalue weighted by atomic mass is 16.3. The number of nitrogens with zero attached hydrogens (tertiary/aromatic N) is 1. The Morgan fingerprint density at radius 1 is 1.38 bits per heavy atom. The molecule has 3 N–H and O–H groups in total. The third kappa shape index (κ3) is 4.40. The lowest BCUT2D eigenvalue weighted by molar-refractivity contribution is 0.148. The first-order valence-corrected chi connectivity index (χ1v) is 6.73. The molecule has 0 aromatic rings. The highest BCUT2D eigenvalue weighted by Gasteiger charge is 2.23. The van der Waals surface area contributed by atoms with Crippen molar-refractivity contribution in [1.82, 2.24) is 4.90 Å². The van der Waals surface area contributed by atoms with Gasteiger partial charge in [-0.25, -0.2) is 0 Å². The fourth-order valence-corrected chi connectivity index (χ4v) is 2.47. The fourth-order valence-electron chi connectivity index (χ4n) is 2.47. The molecule has 0 saturated carbocycles. The molecule has 16 heavy (non-hydrogen) atoms. The molecule has 3 nitrogen and oxygen atoms in total. The summed E-state index contributed by atoms with van der Waals surface area (Å²) >= 11 is 0. The number of likely N-dealkylation sites (tertiary alicyclic amines) is 1. The summed E-state index contributed by atoms with van der Waals surface area (Å²) in [7, 11) is 0. The van der Waals surface area contributed by atoms with Crippen LogP contribution in [0.25, 0.3) is 0 Å². The maximum atomic E-state index is 9.16. The van der Waals surface area contributed by atoms with E-state index in [0.29, 0.717) is 0 Å². The normalized spacial score (nSPS) is 27.4. The van der Waals surface area contributed by atoms with Crippen LogP contribution in [0.3, 0.4) is 0 Å². The molecule has 1 rings (SSSR count). The van der Waals surface area contributed by atoms with Crippen LogP contribution in [0.5, 0.6) is 0 Å². The summed E-state index contributed by atoms with van der Waals surface area (Å²) in [5, 5.41) is 9.16. The molecular weight excluding hydrogens is 200 g/mol. The van der Waals surface area contributed by atoms with Crippen molar-refractivity contribution >= 4 is 0 Å². The predicted molar refractivity (Wildman–Crippen MR) is 68.4 cm³/mol. The number of aliphatic hydroxyl groups excluding tert-OH is 1. The van der Waals surface area contributed by atoms with Crippen molar-refractivity contribution in [3.05, 3.63) is 0 Å². The van der Waals surface area contributed by atoms with E-state index < -0.39 is 5.54 Å². The molecule has 0 aliphatic carbocycles. The lowest BCUT2D eigenvalue weighted by Gasteiger charge is -2.32. The first kappa shape index (κ1) is 13.9. The average molecular weight is 228 g/mol. The molecule has 1 aliphatic heterocycles. The van der Waals surface area contributed by atoms with Gasteiger partial charge in [-0.05, 0) is 39.2 Å². The van der Waals surface area contributed by atoms with Crippen LogP contribution in [-0.4, -0.2) is 41.3 Å². The van der Waals surface area contributed by atoms with Crippen LogP contribution in [0.15, 0.2) is 0 Å². The SMILES string of the molecule is CCC1CCCCCN1CCC(C)(N)CO. The van der Waals surface area contributed by atoms with Crippen molar-refractivity contribution in [2.45, 2.75) is 64.0 Å². The van der Waals surface area contributed by atoms with Gasteiger partial charge >= 0.3 is 0 Å². The minimum Gasteiger partial charge on any atom is -0.394 e. The summed E-state index contributed by atoms with van der Waals surface area (Å²) in [6.45, 7) is 6.53. The molecule has 0 radical (unpaired) electrons. The van der Waals surface area contributed by atoms with Gasteiger partial charge in [-0.1, -0.05) is 19.8 Å². The highest BCUT2D eigenvalue weighted by Crippen LogP contribution is 2.20. The summed E-state index contributed by atoms with van der Waals surface area (Å²) in [6.07, 6.45) is 7.51. The van der Waals surface area contributed by atoms with E-state index in [0.717, 1.165) is 19.0 Å². The van der Waals surface area contributed by atoms with Crippen LogP contribution in [0.4, 0.5) is 0 Å². The van der Waals surface area contributed by atoms with Crippen LogP contribution in [-0.2, 0) is 0 Å². The molecule has 1 heterocycles. The lowest BCUT2D eigenvalue weighted by atomic mass is 9.99. The average Bonchev–Trinajstić information content (AvgIpc) is 2.51. The van der Waals surface area contributed by atoms with Gasteiger partial charge in [0, 0.05) is 18.1 Å². The Morgan fingerprint density at radius 3 is 2.75 bits per heavy atom. The number of rotatable bonds is 5. The second-order valence-electron chi connectivity index (χ2n) is 5.51. The standard InChI is InChI=1S/C13H28N2O/c1-3-12-7-5-4-6-9-15(12)10-8-13(2,14)11-16/h12,16H,3-11,14H2,1-2H3. The molecule has 1 aliphatic rings. The monoisotopic (exact) mass is 228 g/mol. The maximum Gasteiger partial charge on any atom is 0.0608 e. The Hall–Kier alpha value is -0.120. The molecule has 0 aromatic carbocycles. The first-order valence-electron chi connectivity index (χ1n) is 6.73. The van der Waals surface area contributed by atoms with E-state index in [2.05, 4.69) is 11.8 Å². The van der Waals surface area contributed by atoms with Gasteiger partial charge in [-0.15, -0.1) is 0 Å². The van der Waals surface area contributed by atoms with Crippen molar-refractivity contribution in [3.63, 3.8) is 0 Å². The topological polar surface area (TPSA) is 49.5 Å². The van der Waals surface area contributed by atoms with E-state index in [-0.39, 0.29) is 6.61 Å². The van der Waals surface area contributed by atoms with Gasteiger partial charge in [-0.3, -0.25) is 0 Å². The van der Waals surface area contributed by atoms with Crippen LogP contribution in [0.1, 0.15) is 52.4 Å². The highest BCUT2D eigenvalue weighted by molar-refractivity contribution is 4.81. The second-order valence-corrected chi connectivity index (χ2v) is 5.51. The smallest absolute Gasteiger partial charge is 0.0608 e. The molecule has 2 unspecified atom stereocenters. The Bertz CT molecular complexity index is 194. The zero-order valence-electron chi connectivity index (χ0n) is 10.9. The lowest BCUT2D eigenvalue weighted by Crippen LogP contribution is -2.45. The second kappa shape index (κ2) is 6.58. The van der Waals surface area contributed by atoms with Gasteiger partial charge in [0.25, 0.3) is 0 Å². The van der Waals surface area contributed by atoms with E-state index in [1.54, 1.807) is 0 Å². The van der Waals surface area contributed by atoms with Crippen LogP contribution >= 0.6 is 0 Å². The Balaban J connectivity index is 2.42. The minimum absolute atomic E-state index is 0.0810.